The van der Waals surface area contributed by atoms with Crippen molar-refractivity contribution in [2.75, 3.05) is 6.61 Å². The molecule has 3 rings (SSSR count). The highest BCUT2D eigenvalue weighted by Gasteiger charge is 2.16. The summed E-state index contributed by atoms with van der Waals surface area (Å²) in [7, 11) is -2.50. The van der Waals surface area contributed by atoms with Crippen molar-refractivity contribution in [3.8, 4) is 22.6 Å². The van der Waals surface area contributed by atoms with Crippen LogP contribution in [0.1, 0.15) is 31.7 Å². The van der Waals surface area contributed by atoms with Gasteiger partial charge < -0.3 is 4.74 Å². The number of aromatic nitrogens is 2. The van der Waals surface area contributed by atoms with Crippen molar-refractivity contribution in [3.63, 3.8) is 0 Å². The van der Waals surface area contributed by atoms with E-state index in [9.17, 15) is 13.2 Å². The molecule has 0 spiro atoms. The molecule has 0 N–H and O–H groups in total. The lowest BCUT2D eigenvalue weighted by atomic mass is 10.1. The number of ether oxygens (including phenoxy) is 1. The van der Waals surface area contributed by atoms with Crippen molar-refractivity contribution < 1.29 is 13.2 Å². The molecule has 0 aliphatic carbocycles. The van der Waals surface area contributed by atoms with Gasteiger partial charge in [0.1, 0.15) is 10.7 Å². The fourth-order valence-corrected chi connectivity index (χ4v) is 3.73. The Kier molecular flexibility index (Phi) is 7.65. The number of hydrogen-bond donors (Lipinski definition) is 1. The predicted octanol–water partition coefficient (Wildman–Crippen LogP) is 4.23. The summed E-state index contributed by atoms with van der Waals surface area (Å²) in [6.45, 7) is 2.52. The number of hydrogen-bond acceptors (Lipinski definition) is 5. The molecular formula is C22H23ClN2O4S. The van der Waals surface area contributed by atoms with Gasteiger partial charge in [0, 0.05) is 10.6 Å². The van der Waals surface area contributed by atoms with Gasteiger partial charge in [-0.25, -0.2) is 8.42 Å². The van der Waals surface area contributed by atoms with Gasteiger partial charge in [0.25, 0.3) is 0 Å². The van der Waals surface area contributed by atoms with Crippen LogP contribution in [0.3, 0.4) is 0 Å². The van der Waals surface area contributed by atoms with Gasteiger partial charge in [-0.3, -0.25) is 4.79 Å². The van der Waals surface area contributed by atoms with E-state index in [2.05, 4.69) is 12.0 Å². The van der Waals surface area contributed by atoms with Crippen LogP contribution in [0.5, 0.6) is 5.75 Å². The highest BCUT2D eigenvalue weighted by Crippen LogP contribution is 2.27. The van der Waals surface area contributed by atoms with E-state index in [1.165, 1.54) is 4.68 Å². The molecule has 3 aromatic rings. The first kappa shape index (κ1) is 22.1. The van der Waals surface area contributed by atoms with Crippen molar-refractivity contribution in [2.45, 2.75) is 31.9 Å². The van der Waals surface area contributed by atoms with Gasteiger partial charge in [-0.2, -0.15) is 9.78 Å². The van der Waals surface area contributed by atoms with Gasteiger partial charge >= 0.3 is 5.56 Å². The monoisotopic (exact) mass is 446 g/mol. The molecule has 2 aromatic carbocycles. The van der Waals surface area contributed by atoms with Crippen molar-refractivity contribution in [2.24, 2.45) is 0 Å². The molecule has 0 saturated carbocycles. The molecule has 1 aromatic heterocycles. The van der Waals surface area contributed by atoms with Gasteiger partial charge in [0.2, 0.25) is 0 Å². The van der Waals surface area contributed by atoms with Crippen LogP contribution in [0, 0.1) is 0 Å². The minimum atomic E-state index is -2.50. The average Bonchev–Trinajstić information content (AvgIpc) is 2.72. The van der Waals surface area contributed by atoms with Crippen LogP contribution < -0.4 is 10.3 Å². The molecule has 0 radical (unpaired) electrons. The Bertz CT molecular complexity index is 1130. The van der Waals surface area contributed by atoms with E-state index in [0.29, 0.717) is 28.4 Å². The van der Waals surface area contributed by atoms with Crippen molar-refractivity contribution in [1.29, 1.82) is 0 Å². The Morgan fingerprint density at radius 1 is 1.10 bits per heavy atom. The highest BCUT2D eigenvalue weighted by molar-refractivity contribution is 7.71. The summed E-state index contributed by atoms with van der Waals surface area (Å²) in [6, 6.07) is 13.9. The third-order valence-electron chi connectivity index (χ3n) is 4.56. The molecule has 6 nitrogen and oxygen atoms in total. The molecule has 1 heterocycles. The van der Waals surface area contributed by atoms with Crippen LogP contribution in [-0.4, -0.2) is 24.8 Å². The molecule has 0 bridgehead atoms. The number of rotatable bonds is 9. The van der Waals surface area contributed by atoms with E-state index < -0.39 is 10.7 Å². The maximum Gasteiger partial charge on any atom is 0.314 e. The molecule has 158 valence electrons. The summed E-state index contributed by atoms with van der Waals surface area (Å²) in [6.07, 6.45) is 4.47. The number of thiol groups is 1. The van der Waals surface area contributed by atoms with Gasteiger partial charge in [-0.15, -0.1) is 0 Å². The van der Waals surface area contributed by atoms with Gasteiger partial charge in [0.15, 0.2) is 5.75 Å². The van der Waals surface area contributed by atoms with Crippen molar-refractivity contribution in [1.82, 2.24) is 9.78 Å². The zero-order valence-corrected chi connectivity index (χ0v) is 18.2. The summed E-state index contributed by atoms with van der Waals surface area (Å²) in [5.41, 5.74) is 2.14. The molecule has 0 amide bonds. The summed E-state index contributed by atoms with van der Waals surface area (Å²) in [5, 5.41) is 4.81. The normalized spacial score (nSPS) is 11.0. The van der Waals surface area contributed by atoms with E-state index in [1.54, 1.807) is 54.7 Å². The summed E-state index contributed by atoms with van der Waals surface area (Å²) in [4.78, 5) is 13.2. The summed E-state index contributed by atoms with van der Waals surface area (Å²) < 4.78 is 29.1. The van der Waals surface area contributed by atoms with E-state index in [1.807, 2.05) is 0 Å². The first-order valence-electron chi connectivity index (χ1n) is 9.71. The molecule has 0 atom stereocenters. The van der Waals surface area contributed by atoms with E-state index in [4.69, 9.17) is 16.3 Å². The molecular weight excluding hydrogens is 424 g/mol. The lowest BCUT2D eigenvalue weighted by molar-refractivity contribution is 0.301. The minimum absolute atomic E-state index is 0.0232. The minimum Gasteiger partial charge on any atom is -0.487 e. The SMILES string of the molecule is CCCCCOc1c(-c2ccc(C[SH](=O)=O)cc2)cnn(-c2cccc(Cl)c2)c1=O. The van der Waals surface area contributed by atoms with Crippen LogP contribution >= 0.6 is 11.6 Å². The summed E-state index contributed by atoms with van der Waals surface area (Å²) in [5.74, 6) is 0.189. The Hall–Kier alpha value is -2.64. The topological polar surface area (TPSA) is 78.3 Å². The lowest BCUT2D eigenvalue weighted by Gasteiger charge is -2.14. The lowest BCUT2D eigenvalue weighted by Crippen LogP contribution is -2.24. The Morgan fingerprint density at radius 2 is 1.87 bits per heavy atom. The molecule has 30 heavy (non-hydrogen) atoms. The largest absolute Gasteiger partial charge is 0.487 e. The Morgan fingerprint density at radius 3 is 2.53 bits per heavy atom. The molecule has 8 heteroatoms. The second kappa shape index (κ2) is 10.4. The molecule has 0 fully saturated rings. The smallest absolute Gasteiger partial charge is 0.314 e. The van der Waals surface area contributed by atoms with Crippen LogP contribution in [0.2, 0.25) is 5.02 Å². The van der Waals surface area contributed by atoms with Crippen molar-refractivity contribution in [3.05, 3.63) is 75.7 Å². The zero-order chi connectivity index (χ0) is 21.5. The fourth-order valence-electron chi connectivity index (χ4n) is 3.04. The van der Waals surface area contributed by atoms with Gasteiger partial charge in [0.05, 0.1) is 24.2 Å². The first-order valence-corrected chi connectivity index (χ1v) is 11.5. The standard InChI is InChI=1S/C22H23ClN2O4S/c1-2-3-4-12-29-21-20(17-10-8-16(9-11-17)15-30(27)28)14-24-25(22(21)26)19-7-5-6-18(23)13-19/h5-11,13-14,30H,2-4,12,15H2,1H3. The molecule has 0 aliphatic rings. The molecule has 0 saturated heterocycles. The van der Waals surface area contributed by atoms with E-state index in [0.717, 1.165) is 24.8 Å². The quantitative estimate of drug-likeness (QED) is 0.393. The Balaban J connectivity index is 2.03. The number of benzene rings is 2. The number of nitrogens with zero attached hydrogens (tertiary/aromatic N) is 2. The second-order valence-corrected chi connectivity index (χ2v) is 8.25. The zero-order valence-electron chi connectivity index (χ0n) is 16.6. The first-order chi connectivity index (χ1) is 14.5. The van der Waals surface area contributed by atoms with Gasteiger partial charge in [-0.05, 0) is 35.7 Å². The predicted molar refractivity (Wildman–Crippen MR) is 119 cm³/mol. The van der Waals surface area contributed by atoms with Crippen LogP contribution in [0.15, 0.2) is 59.5 Å². The maximum absolute atomic E-state index is 13.2. The van der Waals surface area contributed by atoms with E-state index >= 15 is 0 Å². The van der Waals surface area contributed by atoms with Crippen LogP contribution in [0.25, 0.3) is 16.8 Å². The number of unbranched alkanes of at least 4 members (excludes halogenated alkanes) is 2. The third kappa shape index (κ3) is 5.49. The van der Waals surface area contributed by atoms with Crippen LogP contribution in [-0.2, 0) is 16.5 Å². The van der Waals surface area contributed by atoms with Gasteiger partial charge in [-0.1, -0.05) is 61.7 Å². The summed E-state index contributed by atoms with van der Waals surface area (Å²) >= 11 is 6.07. The average molecular weight is 447 g/mol. The van der Waals surface area contributed by atoms with E-state index in [-0.39, 0.29) is 17.1 Å². The maximum atomic E-state index is 13.2. The fraction of sp³-hybridized carbons (Fsp3) is 0.273. The third-order valence-corrected chi connectivity index (χ3v) is 5.42. The molecule has 0 aliphatic heterocycles. The number of halogens is 1. The van der Waals surface area contributed by atoms with Crippen molar-refractivity contribution >= 4 is 22.3 Å². The Labute approximate surface area is 182 Å². The van der Waals surface area contributed by atoms with Crippen LogP contribution in [0.4, 0.5) is 0 Å². The molecule has 0 unspecified atom stereocenters. The highest BCUT2D eigenvalue weighted by atomic mass is 35.5. The second-order valence-electron chi connectivity index (χ2n) is 6.83.